The number of hydrogen-bond acceptors (Lipinski definition) is 2. The van der Waals surface area contributed by atoms with Crippen LogP contribution in [0.4, 0.5) is 5.69 Å². The Morgan fingerprint density at radius 3 is 2.33 bits per heavy atom. The number of aromatic nitrogens is 1. The Kier molecular flexibility index (Phi) is 5.87. The van der Waals surface area contributed by atoms with Gasteiger partial charge in [-0.05, 0) is 92.6 Å². The molecule has 2 N–H and O–H groups in total. The molecule has 0 fully saturated rings. The lowest BCUT2D eigenvalue weighted by atomic mass is 9.81. The van der Waals surface area contributed by atoms with E-state index < -0.39 is 0 Å². The Labute approximate surface area is 212 Å². The van der Waals surface area contributed by atoms with Crippen LogP contribution in [0.2, 0.25) is 0 Å². The third-order valence-corrected chi connectivity index (χ3v) is 7.46. The summed E-state index contributed by atoms with van der Waals surface area (Å²) in [4.78, 5) is 4.01. The smallest absolute Gasteiger partial charge is 0.0403 e. The zero-order valence-corrected chi connectivity index (χ0v) is 20.6. The topological polar surface area (TPSA) is 38.9 Å². The zero-order chi connectivity index (χ0) is 24.5. The first-order valence-corrected chi connectivity index (χ1v) is 12.8. The number of aryl methyl sites for hydroxylation is 1. The van der Waals surface area contributed by atoms with Gasteiger partial charge in [-0.2, -0.15) is 0 Å². The predicted octanol–water partition coefficient (Wildman–Crippen LogP) is 8.60. The molecule has 1 aliphatic carbocycles. The summed E-state index contributed by atoms with van der Waals surface area (Å²) in [5, 5.41) is 7.56. The lowest BCUT2D eigenvalue weighted by Gasteiger charge is -2.24. The predicted molar refractivity (Wildman–Crippen MR) is 154 cm³/mol. The molecule has 1 heterocycles. The first-order valence-electron chi connectivity index (χ1n) is 12.8. The van der Waals surface area contributed by atoms with Crippen molar-refractivity contribution in [1.82, 2.24) is 4.98 Å². The third-order valence-electron chi connectivity index (χ3n) is 7.46. The van der Waals surface area contributed by atoms with Crippen molar-refractivity contribution in [2.24, 2.45) is 5.92 Å². The molecule has 2 heteroatoms. The number of nitrogens with two attached hydrogens (primary N) is 1. The van der Waals surface area contributed by atoms with Crippen molar-refractivity contribution in [3.05, 3.63) is 121 Å². The highest BCUT2D eigenvalue weighted by atomic mass is 14.6. The molecule has 7 rings (SSSR count). The van der Waals surface area contributed by atoms with E-state index in [-0.39, 0.29) is 0 Å². The van der Waals surface area contributed by atoms with Crippen LogP contribution >= 0.6 is 0 Å². The second-order valence-corrected chi connectivity index (χ2v) is 9.96. The molecule has 0 spiro atoms. The van der Waals surface area contributed by atoms with Crippen molar-refractivity contribution in [2.75, 3.05) is 5.73 Å². The fourth-order valence-electron chi connectivity index (χ4n) is 5.59. The van der Waals surface area contributed by atoms with Gasteiger partial charge in [-0.3, -0.25) is 4.98 Å². The van der Waals surface area contributed by atoms with Crippen molar-refractivity contribution in [3.8, 4) is 11.1 Å². The summed E-state index contributed by atoms with van der Waals surface area (Å²) < 4.78 is 0. The standard InChI is InChI=1S/C25H23N.C9H7N/c1-16-7-10-22-19(13-16)9-12-23-21-11-8-18(17-5-3-2-4-6-17)14-20(21)15-24(26)25(22)23;1-2-4-9-7-10-6-5-8(9)3-1/h2-6,8-9,11-12,14-16H,7,10,13,26H2,1H3;1-7H. The number of fused-ring (bicyclic) bond motifs is 6. The minimum atomic E-state index is 0.773. The van der Waals surface area contributed by atoms with Gasteiger partial charge in [-0.1, -0.05) is 85.8 Å². The molecule has 6 aromatic rings. The zero-order valence-electron chi connectivity index (χ0n) is 20.6. The van der Waals surface area contributed by atoms with E-state index in [1.807, 2.05) is 30.6 Å². The van der Waals surface area contributed by atoms with Gasteiger partial charge in [0.1, 0.15) is 0 Å². The fourth-order valence-corrected chi connectivity index (χ4v) is 5.59. The number of hydrogen-bond donors (Lipinski definition) is 1. The van der Waals surface area contributed by atoms with Gasteiger partial charge in [0.2, 0.25) is 0 Å². The Morgan fingerprint density at radius 2 is 1.50 bits per heavy atom. The maximum absolute atomic E-state index is 6.57. The molecule has 1 aliphatic rings. The summed E-state index contributed by atoms with van der Waals surface area (Å²) in [6.07, 6.45) is 7.26. The van der Waals surface area contributed by atoms with Crippen LogP contribution in [-0.4, -0.2) is 4.98 Å². The molecule has 0 radical (unpaired) electrons. The fraction of sp³-hybridized carbons (Fsp3) is 0.147. The molecule has 0 saturated carbocycles. The minimum Gasteiger partial charge on any atom is -0.398 e. The molecule has 1 atom stereocenters. The Bertz CT molecular complexity index is 1620. The number of anilines is 1. The van der Waals surface area contributed by atoms with E-state index in [0.717, 1.165) is 18.0 Å². The number of pyridine rings is 1. The molecular formula is C34H30N2. The summed E-state index contributed by atoms with van der Waals surface area (Å²) in [6, 6.07) is 34.3. The van der Waals surface area contributed by atoms with Crippen molar-refractivity contribution >= 4 is 38.0 Å². The monoisotopic (exact) mass is 466 g/mol. The molecule has 0 aliphatic heterocycles. The summed E-state index contributed by atoms with van der Waals surface area (Å²) in [5.74, 6) is 0.773. The van der Waals surface area contributed by atoms with Gasteiger partial charge in [-0.15, -0.1) is 0 Å². The van der Waals surface area contributed by atoms with E-state index >= 15 is 0 Å². The van der Waals surface area contributed by atoms with E-state index in [9.17, 15) is 0 Å². The second-order valence-electron chi connectivity index (χ2n) is 9.96. The first kappa shape index (κ1) is 22.3. The molecule has 1 aromatic heterocycles. The average molecular weight is 467 g/mol. The molecule has 0 amide bonds. The van der Waals surface area contributed by atoms with E-state index in [4.69, 9.17) is 5.73 Å². The van der Waals surface area contributed by atoms with Gasteiger partial charge in [0, 0.05) is 23.5 Å². The molecule has 176 valence electrons. The minimum absolute atomic E-state index is 0.773. The maximum Gasteiger partial charge on any atom is 0.0403 e. The first-order chi connectivity index (χ1) is 17.7. The maximum atomic E-state index is 6.57. The van der Waals surface area contributed by atoms with E-state index in [1.165, 1.54) is 67.4 Å². The van der Waals surface area contributed by atoms with Crippen LogP contribution in [-0.2, 0) is 12.8 Å². The second kappa shape index (κ2) is 9.47. The molecule has 5 aromatic carbocycles. The SMILES string of the molecule is CC1CCc2c(ccc3c2c(N)cc2cc(-c4ccccc4)ccc23)C1.c1ccc2cnccc2c1. The normalized spacial score (nSPS) is 14.9. The molecule has 2 nitrogen and oxygen atoms in total. The van der Waals surface area contributed by atoms with Crippen LogP contribution < -0.4 is 5.73 Å². The van der Waals surface area contributed by atoms with Crippen LogP contribution in [0.3, 0.4) is 0 Å². The van der Waals surface area contributed by atoms with E-state index in [2.05, 4.69) is 90.8 Å². The molecule has 36 heavy (non-hydrogen) atoms. The van der Waals surface area contributed by atoms with Crippen LogP contribution in [0, 0.1) is 5.92 Å². The van der Waals surface area contributed by atoms with Gasteiger partial charge < -0.3 is 5.73 Å². The lowest BCUT2D eigenvalue weighted by Crippen LogP contribution is -2.12. The van der Waals surface area contributed by atoms with Crippen molar-refractivity contribution in [2.45, 2.75) is 26.2 Å². The van der Waals surface area contributed by atoms with Gasteiger partial charge in [0.15, 0.2) is 0 Å². The lowest BCUT2D eigenvalue weighted by molar-refractivity contribution is 0.503. The Morgan fingerprint density at radius 1 is 0.722 bits per heavy atom. The van der Waals surface area contributed by atoms with Gasteiger partial charge in [-0.25, -0.2) is 0 Å². The summed E-state index contributed by atoms with van der Waals surface area (Å²) in [5.41, 5.74) is 12.9. The molecular weight excluding hydrogens is 436 g/mol. The number of nitrogen functional groups attached to an aromatic ring is 1. The Balaban J connectivity index is 0.000000200. The van der Waals surface area contributed by atoms with Crippen molar-refractivity contribution in [1.29, 1.82) is 0 Å². The number of nitrogens with zero attached hydrogens (tertiary/aromatic N) is 1. The van der Waals surface area contributed by atoms with Crippen molar-refractivity contribution < 1.29 is 0 Å². The number of benzene rings is 5. The quantitative estimate of drug-likeness (QED) is 0.195. The highest BCUT2D eigenvalue weighted by molar-refractivity contribution is 6.14. The van der Waals surface area contributed by atoms with E-state index in [1.54, 1.807) is 0 Å². The largest absolute Gasteiger partial charge is 0.398 e. The van der Waals surface area contributed by atoms with E-state index in [0.29, 0.717) is 0 Å². The van der Waals surface area contributed by atoms with Crippen LogP contribution in [0.15, 0.2) is 109 Å². The molecule has 0 bridgehead atoms. The van der Waals surface area contributed by atoms with Crippen molar-refractivity contribution in [3.63, 3.8) is 0 Å². The highest BCUT2D eigenvalue weighted by Crippen LogP contribution is 2.39. The highest BCUT2D eigenvalue weighted by Gasteiger charge is 2.19. The van der Waals surface area contributed by atoms with Crippen LogP contribution in [0.5, 0.6) is 0 Å². The van der Waals surface area contributed by atoms with Gasteiger partial charge in [0.05, 0.1) is 0 Å². The molecule has 1 unspecified atom stereocenters. The summed E-state index contributed by atoms with van der Waals surface area (Å²) in [6.45, 7) is 2.35. The van der Waals surface area contributed by atoms with Crippen LogP contribution in [0.1, 0.15) is 24.5 Å². The number of rotatable bonds is 1. The Hall–Kier alpha value is -4.17. The molecule has 0 saturated heterocycles. The average Bonchev–Trinajstić information content (AvgIpc) is 2.93. The summed E-state index contributed by atoms with van der Waals surface area (Å²) in [7, 11) is 0. The summed E-state index contributed by atoms with van der Waals surface area (Å²) >= 11 is 0. The third kappa shape index (κ3) is 4.20. The van der Waals surface area contributed by atoms with Crippen LogP contribution in [0.25, 0.3) is 43.4 Å². The van der Waals surface area contributed by atoms with Gasteiger partial charge in [0.25, 0.3) is 0 Å². The van der Waals surface area contributed by atoms with Gasteiger partial charge >= 0.3 is 0 Å².